The molecule has 1 fully saturated rings. The molecule has 0 saturated carbocycles. The third-order valence-electron chi connectivity index (χ3n) is 3.82. The maximum absolute atomic E-state index is 5.95. The summed E-state index contributed by atoms with van der Waals surface area (Å²) in [6.07, 6.45) is 1.68. The second kappa shape index (κ2) is 5.03. The first-order valence-corrected chi connectivity index (χ1v) is 7.35. The fourth-order valence-electron chi connectivity index (χ4n) is 2.41. The van der Waals surface area contributed by atoms with E-state index in [9.17, 15) is 0 Å². The van der Waals surface area contributed by atoms with Gasteiger partial charge in [-0.3, -0.25) is 0 Å². The van der Waals surface area contributed by atoms with Gasteiger partial charge in [0, 0.05) is 30.7 Å². The molecule has 0 aromatic carbocycles. The van der Waals surface area contributed by atoms with Crippen molar-refractivity contribution in [1.29, 1.82) is 0 Å². The number of nitrogens with zero attached hydrogens (tertiary/aromatic N) is 2. The molecule has 2 aromatic rings. The van der Waals surface area contributed by atoms with Gasteiger partial charge >= 0.3 is 0 Å². The first kappa shape index (κ1) is 12.8. The van der Waals surface area contributed by atoms with E-state index in [0.29, 0.717) is 31.5 Å². The maximum Gasteiger partial charge on any atom is 0.234 e. The molecule has 3 heterocycles. The number of aryl methyl sites for hydroxylation is 1. The molecule has 0 amide bonds. The highest BCUT2D eigenvalue weighted by atomic mass is 32.1. The van der Waals surface area contributed by atoms with Crippen LogP contribution in [-0.4, -0.2) is 29.9 Å². The van der Waals surface area contributed by atoms with E-state index in [0.717, 1.165) is 18.4 Å². The van der Waals surface area contributed by atoms with E-state index in [4.69, 9.17) is 15.0 Å². The Balaban J connectivity index is 1.94. The van der Waals surface area contributed by atoms with Gasteiger partial charge in [0.15, 0.2) is 0 Å². The molecular formula is C13H17N3O2S. The molecule has 3 rings (SSSR count). The van der Waals surface area contributed by atoms with Crippen molar-refractivity contribution in [1.82, 2.24) is 10.1 Å². The van der Waals surface area contributed by atoms with E-state index < -0.39 is 0 Å². The standard InChI is InChI=1S/C13H17N3O2S/c1-9-6-19-7-10(9)11-15-12(18-16-11)13(8-14)2-4-17-5-3-13/h6-7H,2-5,8,14H2,1H3. The summed E-state index contributed by atoms with van der Waals surface area (Å²) < 4.78 is 10.9. The Morgan fingerprint density at radius 3 is 2.79 bits per heavy atom. The van der Waals surface area contributed by atoms with Crippen LogP contribution in [0.2, 0.25) is 0 Å². The number of aromatic nitrogens is 2. The average molecular weight is 279 g/mol. The van der Waals surface area contributed by atoms with Gasteiger partial charge in [0.1, 0.15) is 0 Å². The molecule has 1 saturated heterocycles. The smallest absolute Gasteiger partial charge is 0.234 e. The van der Waals surface area contributed by atoms with Crippen LogP contribution in [0.3, 0.4) is 0 Å². The van der Waals surface area contributed by atoms with Crippen LogP contribution in [0.4, 0.5) is 0 Å². The van der Waals surface area contributed by atoms with Crippen molar-refractivity contribution < 1.29 is 9.26 Å². The van der Waals surface area contributed by atoms with Crippen molar-refractivity contribution in [3.63, 3.8) is 0 Å². The fraction of sp³-hybridized carbons (Fsp3) is 0.538. The van der Waals surface area contributed by atoms with Crippen molar-refractivity contribution >= 4 is 11.3 Å². The third-order valence-corrected chi connectivity index (χ3v) is 4.68. The van der Waals surface area contributed by atoms with Crippen LogP contribution in [0, 0.1) is 6.92 Å². The van der Waals surface area contributed by atoms with E-state index >= 15 is 0 Å². The topological polar surface area (TPSA) is 74.2 Å². The maximum atomic E-state index is 5.95. The molecule has 6 heteroatoms. The van der Waals surface area contributed by atoms with E-state index in [2.05, 4.69) is 22.4 Å². The van der Waals surface area contributed by atoms with Crippen LogP contribution < -0.4 is 5.73 Å². The molecule has 0 aliphatic carbocycles. The number of hydrogen-bond donors (Lipinski definition) is 1. The Kier molecular flexibility index (Phi) is 3.38. The second-order valence-corrected chi connectivity index (χ2v) is 5.73. The Morgan fingerprint density at radius 2 is 2.16 bits per heavy atom. The summed E-state index contributed by atoms with van der Waals surface area (Å²) in [6, 6.07) is 0. The van der Waals surface area contributed by atoms with Crippen molar-refractivity contribution in [2.75, 3.05) is 19.8 Å². The predicted octanol–water partition coefficient (Wildman–Crippen LogP) is 2.11. The van der Waals surface area contributed by atoms with Gasteiger partial charge in [-0.2, -0.15) is 16.3 Å². The molecule has 0 spiro atoms. The van der Waals surface area contributed by atoms with Gasteiger partial charge in [-0.15, -0.1) is 0 Å². The van der Waals surface area contributed by atoms with Crippen molar-refractivity contribution in [3.05, 3.63) is 22.2 Å². The summed E-state index contributed by atoms with van der Waals surface area (Å²) in [5, 5.41) is 8.24. The molecule has 2 aromatic heterocycles. The lowest BCUT2D eigenvalue weighted by Crippen LogP contribution is -2.40. The number of rotatable bonds is 3. The van der Waals surface area contributed by atoms with Gasteiger partial charge in [0.05, 0.1) is 5.41 Å². The van der Waals surface area contributed by atoms with Gasteiger partial charge in [-0.05, 0) is 30.7 Å². The van der Waals surface area contributed by atoms with Crippen LogP contribution in [-0.2, 0) is 10.2 Å². The van der Waals surface area contributed by atoms with Crippen LogP contribution in [0.15, 0.2) is 15.3 Å². The van der Waals surface area contributed by atoms with E-state index in [-0.39, 0.29) is 5.41 Å². The number of ether oxygens (including phenoxy) is 1. The van der Waals surface area contributed by atoms with Gasteiger partial charge < -0.3 is 15.0 Å². The third kappa shape index (κ3) is 2.20. The molecule has 5 nitrogen and oxygen atoms in total. The predicted molar refractivity (Wildman–Crippen MR) is 73.1 cm³/mol. The zero-order valence-electron chi connectivity index (χ0n) is 10.9. The first-order valence-electron chi connectivity index (χ1n) is 6.40. The Morgan fingerprint density at radius 1 is 1.37 bits per heavy atom. The molecule has 19 heavy (non-hydrogen) atoms. The average Bonchev–Trinajstić information content (AvgIpc) is 3.08. The lowest BCUT2D eigenvalue weighted by molar-refractivity contribution is 0.0409. The minimum atomic E-state index is -0.215. The van der Waals surface area contributed by atoms with E-state index in [1.807, 2.05) is 5.38 Å². The highest BCUT2D eigenvalue weighted by molar-refractivity contribution is 7.08. The van der Waals surface area contributed by atoms with Gasteiger partial charge in [-0.25, -0.2) is 0 Å². The zero-order valence-corrected chi connectivity index (χ0v) is 11.7. The fourth-order valence-corrected chi connectivity index (χ4v) is 3.23. The molecule has 0 radical (unpaired) electrons. The van der Waals surface area contributed by atoms with Crippen LogP contribution in [0.1, 0.15) is 24.3 Å². The highest BCUT2D eigenvalue weighted by Gasteiger charge is 2.38. The molecule has 0 unspecified atom stereocenters. The summed E-state index contributed by atoms with van der Waals surface area (Å²) in [7, 11) is 0. The molecule has 0 atom stereocenters. The van der Waals surface area contributed by atoms with Crippen LogP contribution >= 0.6 is 11.3 Å². The summed E-state index contributed by atoms with van der Waals surface area (Å²) in [5.41, 5.74) is 7.95. The highest BCUT2D eigenvalue weighted by Crippen LogP contribution is 2.34. The molecule has 1 aliphatic heterocycles. The minimum Gasteiger partial charge on any atom is -0.381 e. The van der Waals surface area contributed by atoms with E-state index in [1.165, 1.54) is 5.56 Å². The number of nitrogens with two attached hydrogens (primary N) is 1. The largest absolute Gasteiger partial charge is 0.381 e. The quantitative estimate of drug-likeness (QED) is 0.931. The van der Waals surface area contributed by atoms with Crippen molar-refractivity contribution in [2.45, 2.75) is 25.2 Å². The molecule has 2 N–H and O–H groups in total. The van der Waals surface area contributed by atoms with Crippen molar-refractivity contribution in [3.8, 4) is 11.4 Å². The summed E-state index contributed by atoms with van der Waals surface area (Å²) in [5.74, 6) is 1.31. The van der Waals surface area contributed by atoms with Gasteiger partial charge in [-0.1, -0.05) is 5.16 Å². The number of hydrogen-bond acceptors (Lipinski definition) is 6. The van der Waals surface area contributed by atoms with Crippen LogP contribution in [0.25, 0.3) is 11.4 Å². The normalized spacial score (nSPS) is 18.6. The number of thiophene rings is 1. The Bertz CT molecular complexity index is 558. The van der Waals surface area contributed by atoms with Crippen LogP contribution in [0.5, 0.6) is 0 Å². The second-order valence-electron chi connectivity index (χ2n) is 4.99. The summed E-state index contributed by atoms with van der Waals surface area (Å²) in [6.45, 7) is 3.97. The van der Waals surface area contributed by atoms with Gasteiger partial charge in [0.25, 0.3) is 0 Å². The monoisotopic (exact) mass is 279 g/mol. The molecule has 102 valence electrons. The van der Waals surface area contributed by atoms with Crippen molar-refractivity contribution in [2.24, 2.45) is 5.73 Å². The lowest BCUT2D eigenvalue weighted by Gasteiger charge is -2.32. The Hall–Kier alpha value is -1.24. The zero-order chi connectivity index (χ0) is 13.3. The summed E-state index contributed by atoms with van der Waals surface area (Å²) >= 11 is 1.64. The van der Waals surface area contributed by atoms with Gasteiger partial charge in [0.2, 0.25) is 11.7 Å². The SMILES string of the molecule is Cc1cscc1-c1noc(C2(CN)CCOCC2)n1. The summed E-state index contributed by atoms with van der Waals surface area (Å²) in [4.78, 5) is 4.57. The molecular weight excluding hydrogens is 262 g/mol. The molecule has 0 bridgehead atoms. The van der Waals surface area contributed by atoms with E-state index in [1.54, 1.807) is 11.3 Å². The Labute approximate surface area is 115 Å². The molecule has 1 aliphatic rings. The first-order chi connectivity index (χ1) is 9.25. The lowest BCUT2D eigenvalue weighted by atomic mass is 9.80. The minimum absolute atomic E-state index is 0.215.